The van der Waals surface area contributed by atoms with Gasteiger partial charge in [0.15, 0.2) is 0 Å². The Hall–Kier alpha value is -5.66. The lowest BCUT2D eigenvalue weighted by Crippen LogP contribution is -2.17. The number of benzene rings is 2. The van der Waals surface area contributed by atoms with Gasteiger partial charge in [-0.2, -0.15) is 0 Å². The fourth-order valence-corrected chi connectivity index (χ4v) is 9.12. The highest BCUT2D eigenvalue weighted by molar-refractivity contribution is 8.13. The second kappa shape index (κ2) is 20.2. The molecule has 0 fully saturated rings. The number of anilines is 2. The average molecular weight is 1020 g/mol. The van der Waals surface area contributed by atoms with Crippen molar-refractivity contribution in [3.8, 4) is 0 Å². The maximum atomic E-state index is 13.3. The molecule has 6 aromatic heterocycles. The lowest BCUT2D eigenvalue weighted by Gasteiger charge is -2.14. The maximum Gasteiger partial charge on any atom is 0.261 e. The standard InChI is InChI=1S/C22H18Cl2N4O3S.C12H8ClN5O.C9H10Cl2O2S/c1-12(2)17-10-14(3-4-18(17)24)32(30,31)28-19-9-13(23)11-27-20(19)21(29)15-5-7-25-22-16(15)6-8-26-22;13-6-3-8(14)10(16-4-6)11(19)9-7-1-2-15-12(7)18-5-17-9;1-6(2)8-5-7(14(11,12)13)3-4-9(8)10/h3-12,28H,1-2H3,(H,25,26);1-5H,14H2,(H,15,17,18);3-6H,1-2H3. The van der Waals surface area contributed by atoms with Crippen LogP contribution in [0.3, 0.4) is 0 Å². The lowest BCUT2D eigenvalue weighted by atomic mass is 10.0. The van der Waals surface area contributed by atoms with E-state index in [9.17, 15) is 26.4 Å². The van der Waals surface area contributed by atoms with Gasteiger partial charge in [0, 0.05) is 68.0 Å². The van der Waals surface area contributed by atoms with E-state index >= 15 is 0 Å². The van der Waals surface area contributed by atoms with Gasteiger partial charge in [-0.1, -0.05) is 74.1 Å². The number of nitrogens with zero attached hydrogens (tertiary/aromatic N) is 5. The molecule has 0 atom stereocenters. The number of aromatic nitrogens is 7. The highest BCUT2D eigenvalue weighted by Crippen LogP contribution is 2.31. The Labute approximate surface area is 397 Å². The number of nitrogens with two attached hydrogens (primary N) is 1. The predicted octanol–water partition coefficient (Wildman–Crippen LogP) is 10.6. The van der Waals surface area contributed by atoms with E-state index in [-0.39, 0.29) is 60.9 Å². The van der Waals surface area contributed by atoms with Gasteiger partial charge in [0.25, 0.3) is 19.1 Å². The van der Waals surface area contributed by atoms with E-state index in [4.69, 9.17) is 62.8 Å². The van der Waals surface area contributed by atoms with Crippen molar-refractivity contribution in [2.45, 2.75) is 49.3 Å². The van der Waals surface area contributed by atoms with Crippen molar-refractivity contribution in [1.29, 1.82) is 0 Å². The lowest BCUT2D eigenvalue weighted by molar-refractivity contribution is 0.102. The zero-order valence-corrected chi connectivity index (χ0v) is 39.9. The molecule has 0 radical (unpaired) electrons. The number of sulfonamides is 1. The van der Waals surface area contributed by atoms with Gasteiger partial charge in [0.2, 0.25) is 11.6 Å². The summed E-state index contributed by atoms with van der Waals surface area (Å²) >= 11 is 23.9. The molecule has 336 valence electrons. The van der Waals surface area contributed by atoms with Crippen molar-refractivity contribution in [2.24, 2.45) is 0 Å². The van der Waals surface area contributed by atoms with Crippen LogP contribution >= 0.6 is 57.1 Å². The first-order valence-electron chi connectivity index (χ1n) is 19.1. The van der Waals surface area contributed by atoms with Crippen LogP contribution in [0.1, 0.15) is 82.9 Å². The quantitative estimate of drug-likeness (QED) is 0.0739. The van der Waals surface area contributed by atoms with Crippen molar-refractivity contribution in [3.63, 3.8) is 0 Å². The first kappa shape index (κ1) is 48.8. The molecule has 8 rings (SSSR count). The highest BCUT2D eigenvalue weighted by Gasteiger charge is 2.24. The van der Waals surface area contributed by atoms with Crippen LogP contribution in [0, 0.1) is 0 Å². The number of ketones is 2. The molecule has 0 spiro atoms. The van der Waals surface area contributed by atoms with E-state index in [1.54, 1.807) is 36.7 Å². The van der Waals surface area contributed by atoms with Crippen molar-refractivity contribution in [3.05, 3.63) is 158 Å². The number of aromatic amines is 2. The van der Waals surface area contributed by atoms with Gasteiger partial charge < -0.3 is 15.7 Å². The molecule has 0 aliphatic carbocycles. The number of rotatable bonds is 10. The Morgan fingerprint density at radius 3 is 1.78 bits per heavy atom. The van der Waals surface area contributed by atoms with Crippen LogP contribution in [-0.4, -0.2) is 63.3 Å². The van der Waals surface area contributed by atoms with Crippen LogP contribution in [0.2, 0.25) is 20.1 Å². The highest BCUT2D eigenvalue weighted by atomic mass is 35.7. The molecular formula is C43H36Cl5N9O6S2. The van der Waals surface area contributed by atoms with Gasteiger partial charge in [0.1, 0.15) is 34.7 Å². The largest absolute Gasteiger partial charge is 0.397 e. The van der Waals surface area contributed by atoms with Crippen molar-refractivity contribution < 1.29 is 26.4 Å². The van der Waals surface area contributed by atoms with Crippen molar-refractivity contribution >= 4 is 121 Å². The van der Waals surface area contributed by atoms with Gasteiger partial charge in [0.05, 0.1) is 31.2 Å². The summed E-state index contributed by atoms with van der Waals surface area (Å²) in [4.78, 5) is 52.0. The summed E-state index contributed by atoms with van der Waals surface area (Å²) in [5.74, 6) is -0.634. The monoisotopic (exact) mass is 1010 g/mol. The fraction of sp³-hybridized carbons (Fsp3) is 0.140. The molecule has 2 aromatic carbocycles. The number of carbonyl (C=O) groups is 2. The summed E-state index contributed by atoms with van der Waals surface area (Å²) in [5.41, 5.74) is 9.21. The molecule has 0 amide bonds. The van der Waals surface area contributed by atoms with Crippen LogP contribution in [0.15, 0.2) is 114 Å². The predicted molar refractivity (Wildman–Crippen MR) is 255 cm³/mol. The first-order chi connectivity index (χ1) is 30.7. The number of pyridine rings is 3. The minimum Gasteiger partial charge on any atom is -0.397 e. The molecule has 0 saturated carbocycles. The Kier molecular flexibility index (Phi) is 15.2. The average Bonchev–Trinajstić information content (AvgIpc) is 3.94. The Morgan fingerprint density at radius 2 is 1.18 bits per heavy atom. The summed E-state index contributed by atoms with van der Waals surface area (Å²) in [6.45, 7) is 7.70. The third-order valence-electron chi connectivity index (χ3n) is 9.46. The van der Waals surface area contributed by atoms with E-state index in [2.05, 4.69) is 39.6 Å². The van der Waals surface area contributed by atoms with Crippen molar-refractivity contribution in [2.75, 3.05) is 10.5 Å². The fourth-order valence-electron chi connectivity index (χ4n) is 6.25. The number of hydrogen-bond donors (Lipinski definition) is 4. The number of nitrogens with one attached hydrogen (secondary N) is 3. The molecule has 8 aromatic rings. The van der Waals surface area contributed by atoms with Gasteiger partial charge in [-0.25, -0.2) is 41.8 Å². The zero-order valence-electron chi connectivity index (χ0n) is 34.4. The van der Waals surface area contributed by atoms with Crippen molar-refractivity contribution in [1.82, 2.24) is 34.9 Å². The smallest absolute Gasteiger partial charge is 0.261 e. The van der Waals surface area contributed by atoms with Gasteiger partial charge in [-0.05, 0) is 89.7 Å². The minimum absolute atomic E-state index is 0.0147. The molecule has 0 unspecified atom stereocenters. The van der Waals surface area contributed by atoms with E-state index in [1.807, 2.05) is 27.7 Å². The van der Waals surface area contributed by atoms with E-state index in [0.717, 1.165) is 5.56 Å². The summed E-state index contributed by atoms with van der Waals surface area (Å²) < 4.78 is 50.8. The van der Waals surface area contributed by atoms with Crippen LogP contribution in [-0.2, 0) is 19.1 Å². The van der Waals surface area contributed by atoms with E-state index in [1.165, 1.54) is 67.4 Å². The minimum atomic E-state index is -4.05. The summed E-state index contributed by atoms with van der Waals surface area (Å²) in [5, 5.41) is 2.82. The van der Waals surface area contributed by atoms with Gasteiger partial charge >= 0.3 is 0 Å². The molecule has 22 heteroatoms. The van der Waals surface area contributed by atoms with Gasteiger partial charge in [-0.15, -0.1) is 0 Å². The van der Waals surface area contributed by atoms with E-state index in [0.29, 0.717) is 48.3 Å². The van der Waals surface area contributed by atoms with Crippen LogP contribution in [0.25, 0.3) is 22.1 Å². The Balaban J connectivity index is 0.000000179. The number of hydrogen-bond acceptors (Lipinski definition) is 12. The first-order valence-corrected chi connectivity index (χ1v) is 24.4. The second-order valence-electron chi connectivity index (χ2n) is 14.6. The zero-order chi connectivity index (χ0) is 47.4. The number of carbonyl (C=O) groups excluding carboxylic acids is 2. The topological polar surface area (TPSA) is 236 Å². The van der Waals surface area contributed by atoms with Crippen LogP contribution in [0.5, 0.6) is 0 Å². The molecule has 0 saturated heterocycles. The maximum absolute atomic E-state index is 13.3. The molecule has 5 N–H and O–H groups in total. The van der Waals surface area contributed by atoms with E-state index < -0.39 is 24.9 Å². The molecule has 6 heterocycles. The molecule has 0 aliphatic rings. The summed E-state index contributed by atoms with van der Waals surface area (Å²) in [6.07, 6.45) is 8.84. The SMILES string of the molecule is CC(C)c1cc(S(=O)(=O)Cl)ccc1Cl.CC(C)c1cc(S(=O)(=O)Nc2cc(Cl)cnc2C(=O)c2ccnc3[nH]ccc23)ccc1Cl.Nc1cc(Cl)cnc1C(=O)c1ncnc2[nH]ccc12. The number of halogens is 5. The Morgan fingerprint density at radius 1 is 0.631 bits per heavy atom. The van der Waals surface area contributed by atoms with Crippen LogP contribution < -0.4 is 10.5 Å². The molecular weight excluding hydrogens is 980 g/mol. The Bertz CT molecular complexity index is 3330. The third-order valence-corrected chi connectivity index (χ3v) is 13.3. The molecule has 65 heavy (non-hydrogen) atoms. The molecule has 0 aliphatic heterocycles. The normalized spacial score (nSPS) is 11.6. The number of nitrogen functional groups attached to an aromatic ring is 1. The van der Waals surface area contributed by atoms with Gasteiger partial charge in [-0.3, -0.25) is 14.3 Å². The molecule has 15 nitrogen and oxygen atoms in total. The van der Waals surface area contributed by atoms with Crippen LogP contribution in [0.4, 0.5) is 11.4 Å². The summed E-state index contributed by atoms with van der Waals surface area (Å²) in [7, 11) is -2.50. The number of fused-ring (bicyclic) bond motifs is 2. The number of H-pyrrole nitrogens is 2. The summed E-state index contributed by atoms with van der Waals surface area (Å²) in [6, 6.07) is 16.8. The second-order valence-corrected chi connectivity index (χ2v) is 20.5. The molecule has 0 bridgehead atoms. The third kappa shape index (κ3) is 11.4.